The molecule has 3 N–H and O–H groups in total. The van der Waals surface area contributed by atoms with Crippen LogP contribution in [-0.2, 0) is 0 Å². The highest BCUT2D eigenvalue weighted by Crippen LogP contribution is 2.23. The number of benzene rings is 1. The van der Waals surface area contributed by atoms with Crippen LogP contribution >= 0.6 is 11.6 Å². The molecule has 1 heterocycles. The highest BCUT2D eigenvalue weighted by Gasteiger charge is 2.07. The second kappa shape index (κ2) is 5.63. The third kappa shape index (κ3) is 3.08. The predicted molar refractivity (Wildman–Crippen MR) is 79.3 cm³/mol. The number of nitrogens with one attached hydrogen (secondary N) is 2. The van der Waals surface area contributed by atoms with E-state index in [9.17, 15) is 9.90 Å². The van der Waals surface area contributed by atoms with Gasteiger partial charge < -0.3 is 15.4 Å². The molecule has 2 rings (SSSR count). The van der Waals surface area contributed by atoms with Gasteiger partial charge in [-0.25, -0.2) is 0 Å². The molecule has 0 amide bonds. The van der Waals surface area contributed by atoms with E-state index in [4.69, 9.17) is 11.6 Å². The summed E-state index contributed by atoms with van der Waals surface area (Å²) >= 11 is 5.56. The Labute approximate surface area is 116 Å². The van der Waals surface area contributed by atoms with Crippen LogP contribution in [0.4, 0.5) is 5.69 Å². The summed E-state index contributed by atoms with van der Waals surface area (Å²) in [6.07, 6.45) is -0.590. The first-order valence-corrected chi connectivity index (χ1v) is 6.67. The maximum Gasteiger partial charge on any atom is 0.248 e. The number of aryl methyl sites for hydroxylation is 2. The minimum Gasteiger partial charge on any atom is -0.390 e. The van der Waals surface area contributed by atoms with Gasteiger partial charge in [0.15, 0.2) is 0 Å². The van der Waals surface area contributed by atoms with Crippen LogP contribution in [0.15, 0.2) is 23.0 Å². The fourth-order valence-electron chi connectivity index (χ4n) is 2.05. The molecule has 5 heteroatoms. The number of rotatable bonds is 4. The average molecular weight is 281 g/mol. The molecule has 1 aromatic heterocycles. The Morgan fingerprint density at radius 3 is 2.74 bits per heavy atom. The molecule has 0 saturated carbocycles. The number of aromatic amines is 1. The van der Waals surface area contributed by atoms with Gasteiger partial charge in [-0.15, -0.1) is 11.6 Å². The van der Waals surface area contributed by atoms with Gasteiger partial charge in [0.2, 0.25) is 5.56 Å². The van der Waals surface area contributed by atoms with Crippen LogP contribution in [0.25, 0.3) is 10.9 Å². The van der Waals surface area contributed by atoms with Gasteiger partial charge in [-0.3, -0.25) is 4.79 Å². The van der Waals surface area contributed by atoms with Gasteiger partial charge in [-0.05, 0) is 37.1 Å². The molecule has 0 aliphatic carbocycles. The van der Waals surface area contributed by atoms with Crippen molar-refractivity contribution in [3.63, 3.8) is 0 Å². The third-order valence-corrected chi connectivity index (χ3v) is 3.46. The number of hydrogen-bond acceptors (Lipinski definition) is 3. The number of halogens is 1. The first kappa shape index (κ1) is 13.9. The second-order valence-electron chi connectivity index (χ2n) is 4.72. The number of aromatic nitrogens is 1. The number of anilines is 1. The van der Waals surface area contributed by atoms with Crippen molar-refractivity contribution in [2.75, 3.05) is 17.7 Å². The lowest BCUT2D eigenvalue weighted by Gasteiger charge is -2.14. The molecule has 0 spiro atoms. The van der Waals surface area contributed by atoms with Crippen LogP contribution in [-0.4, -0.2) is 28.6 Å². The molecule has 102 valence electrons. The number of pyridine rings is 1. The number of fused-ring (bicyclic) bond motifs is 1. The number of aliphatic hydroxyl groups is 1. The van der Waals surface area contributed by atoms with Crippen molar-refractivity contribution >= 4 is 28.2 Å². The normalized spacial score (nSPS) is 12.6. The first-order chi connectivity index (χ1) is 9.01. The minimum atomic E-state index is -0.590. The molecule has 19 heavy (non-hydrogen) atoms. The lowest BCUT2D eigenvalue weighted by molar-refractivity contribution is 0.211. The van der Waals surface area contributed by atoms with Crippen LogP contribution in [0, 0.1) is 13.8 Å². The molecule has 4 nitrogen and oxygen atoms in total. The molecule has 0 aliphatic rings. The van der Waals surface area contributed by atoms with Crippen molar-refractivity contribution in [1.82, 2.24) is 4.98 Å². The third-order valence-electron chi connectivity index (χ3n) is 3.10. The molecule has 1 atom stereocenters. The minimum absolute atomic E-state index is 0.111. The van der Waals surface area contributed by atoms with Crippen LogP contribution in [0.1, 0.15) is 11.1 Å². The molecule has 0 saturated heterocycles. The van der Waals surface area contributed by atoms with E-state index in [0.717, 1.165) is 27.7 Å². The number of aliphatic hydroxyl groups excluding tert-OH is 1. The van der Waals surface area contributed by atoms with Crippen LogP contribution in [0.3, 0.4) is 0 Å². The zero-order valence-corrected chi connectivity index (χ0v) is 11.7. The van der Waals surface area contributed by atoms with E-state index in [1.807, 2.05) is 26.0 Å². The van der Waals surface area contributed by atoms with Gasteiger partial charge in [-0.1, -0.05) is 0 Å². The van der Waals surface area contributed by atoms with Crippen LogP contribution < -0.4 is 10.9 Å². The summed E-state index contributed by atoms with van der Waals surface area (Å²) in [5.74, 6) is 0.190. The molecule has 1 aromatic carbocycles. The molecular weight excluding hydrogens is 264 g/mol. The van der Waals surface area contributed by atoms with E-state index in [0.29, 0.717) is 6.54 Å². The van der Waals surface area contributed by atoms with E-state index < -0.39 is 6.10 Å². The van der Waals surface area contributed by atoms with E-state index in [2.05, 4.69) is 10.3 Å². The summed E-state index contributed by atoms with van der Waals surface area (Å²) in [6, 6.07) is 5.50. The summed E-state index contributed by atoms with van der Waals surface area (Å²) < 4.78 is 0. The highest BCUT2D eigenvalue weighted by atomic mass is 35.5. The van der Waals surface area contributed by atoms with E-state index in [1.54, 1.807) is 6.07 Å². The molecule has 0 radical (unpaired) electrons. The lowest BCUT2D eigenvalue weighted by atomic mass is 10.1. The summed E-state index contributed by atoms with van der Waals surface area (Å²) in [4.78, 5) is 14.3. The lowest BCUT2D eigenvalue weighted by Crippen LogP contribution is -2.21. The van der Waals surface area contributed by atoms with Gasteiger partial charge >= 0.3 is 0 Å². The summed E-state index contributed by atoms with van der Waals surface area (Å²) in [5.41, 5.74) is 3.58. The van der Waals surface area contributed by atoms with Gasteiger partial charge in [-0.2, -0.15) is 0 Å². The average Bonchev–Trinajstić information content (AvgIpc) is 2.37. The predicted octanol–water partition coefficient (Wildman–Crippen LogP) is 2.16. The molecule has 0 fully saturated rings. The van der Waals surface area contributed by atoms with Crippen molar-refractivity contribution in [2.24, 2.45) is 0 Å². The fourth-order valence-corrected chi connectivity index (χ4v) is 2.16. The Bertz CT molecular complexity index is 652. The Kier molecular flexibility index (Phi) is 4.12. The zero-order chi connectivity index (χ0) is 14.0. The van der Waals surface area contributed by atoms with Crippen molar-refractivity contribution in [3.8, 4) is 0 Å². The van der Waals surface area contributed by atoms with Gasteiger partial charge in [0.1, 0.15) is 0 Å². The van der Waals surface area contributed by atoms with E-state index in [1.165, 1.54) is 0 Å². The maximum absolute atomic E-state index is 11.5. The van der Waals surface area contributed by atoms with E-state index >= 15 is 0 Å². The molecule has 0 aliphatic heterocycles. The quantitative estimate of drug-likeness (QED) is 0.752. The van der Waals surface area contributed by atoms with Gasteiger partial charge in [0.25, 0.3) is 0 Å². The standard InChI is InChI=1S/C14H17ClN2O2/c1-8-4-14(19)17-13-5-12(9(2)3-11(8)13)16-7-10(18)6-15/h3-5,10,16,18H,6-7H2,1-2H3,(H,17,19). The van der Waals surface area contributed by atoms with Crippen LogP contribution in [0.5, 0.6) is 0 Å². The maximum atomic E-state index is 11.5. The summed E-state index contributed by atoms with van der Waals surface area (Å²) in [6.45, 7) is 4.28. The first-order valence-electron chi connectivity index (χ1n) is 6.13. The topological polar surface area (TPSA) is 65.1 Å². The van der Waals surface area contributed by atoms with Gasteiger partial charge in [0.05, 0.1) is 17.5 Å². The Morgan fingerprint density at radius 1 is 1.32 bits per heavy atom. The van der Waals surface area contributed by atoms with E-state index in [-0.39, 0.29) is 11.4 Å². The largest absolute Gasteiger partial charge is 0.390 e. The highest BCUT2D eigenvalue weighted by molar-refractivity contribution is 6.18. The van der Waals surface area contributed by atoms with Crippen molar-refractivity contribution < 1.29 is 5.11 Å². The second-order valence-corrected chi connectivity index (χ2v) is 5.03. The molecule has 1 unspecified atom stereocenters. The molecular formula is C14H17ClN2O2. The fraction of sp³-hybridized carbons (Fsp3) is 0.357. The molecule has 0 bridgehead atoms. The van der Waals surface area contributed by atoms with Crippen molar-refractivity contribution in [3.05, 3.63) is 39.7 Å². The SMILES string of the molecule is Cc1cc2c(C)cc(=O)[nH]c2cc1NCC(O)CCl. The number of alkyl halides is 1. The Morgan fingerprint density at radius 2 is 2.05 bits per heavy atom. The van der Waals surface area contributed by atoms with Crippen LogP contribution in [0.2, 0.25) is 0 Å². The molecule has 2 aromatic rings. The smallest absolute Gasteiger partial charge is 0.248 e. The summed E-state index contributed by atoms with van der Waals surface area (Å²) in [5, 5.41) is 13.6. The number of H-pyrrole nitrogens is 1. The summed E-state index contributed by atoms with van der Waals surface area (Å²) in [7, 11) is 0. The monoisotopic (exact) mass is 280 g/mol. The van der Waals surface area contributed by atoms with Crippen molar-refractivity contribution in [1.29, 1.82) is 0 Å². The Hall–Kier alpha value is -1.52. The zero-order valence-electron chi connectivity index (χ0n) is 11.0. The van der Waals surface area contributed by atoms with Crippen molar-refractivity contribution in [2.45, 2.75) is 20.0 Å². The Balaban J connectivity index is 2.40. The van der Waals surface area contributed by atoms with Gasteiger partial charge in [0, 0.05) is 23.7 Å². The number of hydrogen-bond donors (Lipinski definition) is 3.